The fraction of sp³-hybridized carbons (Fsp3) is 0.273. The molecular formula is C22H23N3O4S. The first-order valence-electron chi connectivity index (χ1n) is 9.77. The van der Waals surface area contributed by atoms with Gasteiger partial charge in [-0.25, -0.2) is 4.98 Å². The summed E-state index contributed by atoms with van der Waals surface area (Å²) in [6.45, 7) is 2.60. The van der Waals surface area contributed by atoms with Crippen LogP contribution in [-0.4, -0.2) is 22.4 Å². The number of nitro groups is 1. The number of carbonyl (C=O) groups is 1. The predicted octanol–water partition coefficient (Wildman–Crippen LogP) is 5.47. The van der Waals surface area contributed by atoms with Gasteiger partial charge < -0.3 is 10.1 Å². The van der Waals surface area contributed by atoms with Gasteiger partial charge in [0, 0.05) is 29.5 Å². The van der Waals surface area contributed by atoms with Crippen LogP contribution in [-0.2, 0) is 11.2 Å². The van der Waals surface area contributed by atoms with Crippen LogP contribution in [0.2, 0.25) is 0 Å². The summed E-state index contributed by atoms with van der Waals surface area (Å²) in [6, 6.07) is 14.3. The van der Waals surface area contributed by atoms with E-state index in [2.05, 4.69) is 29.4 Å². The lowest BCUT2D eigenvalue weighted by molar-refractivity contribution is -0.384. The number of benzene rings is 2. The van der Waals surface area contributed by atoms with E-state index in [1.807, 2.05) is 12.1 Å². The third kappa shape index (κ3) is 6.12. The Balaban J connectivity index is 1.44. The number of nitrogens with one attached hydrogen (secondary N) is 1. The van der Waals surface area contributed by atoms with Crippen molar-refractivity contribution in [3.63, 3.8) is 0 Å². The van der Waals surface area contributed by atoms with E-state index in [0.717, 1.165) is 18.6 Å². The Labute approximate surface area is 178 Å². The third-order valence-corrected chi connectivity index (χ3v) is 5.14. The summed E-state index contributed by atoms with van der Waals surface area (Å²) >= 11 is 1.28. The van der Waals surface area contributed by atoms with Crippen LogP contribution in [0.5, 0.6) is 5.75 Å². The summed E-state index contributed by atoms with van der Waals surface area (Å²) < 4.78 is 5.68. The number of nitrogens with zero attached hydrogens (tertiary/aromatic N) is 2. The maximum absolute atomic E-state index is 12.1. The molecule has 0 bridgehead atoms. The van der Waals surface area contributed by atoms with Crippen molar-refractivity contribution in [3.05, 3.63) is 69.6 Å². The lowest BCUT2D eigenvalue weighted by atomic mass is 10.1. The number of thiazole rings is 1. The second kappa shape index (κ2) is 10.5. The highest BCUT2D eigenvalue weighted by atomic mass is 32.1. The fourth-order valence-electron chi connectivity index (χ4n) is 2.89. The smallest absolute Gasteiger partial charge is 0.270 e. The molecule has 0 fully saturated rings. The Morgan fingerprint density at radius 2 is 2.03 bits per heavy atom. The number of hydrogen-bond donors (Lipinski definition) is 1. The van der Waals surface area contributed by atoms with Gasteiger partial charge in [-0.15, -0.1) is 11.3 Å². The minimum Gasteiger partial charge on any atom is -0.494 e. The molecule has 0 radical (unpaired) electrons. The number of aromatic nitrogens is 1. The van der Waals surface area contributed by atoms with Gasteiger partial charge in [0.1, 0.15) is 5.75 Å². The van der Waals surface area contributed by atoms with Crippen molar-refractivity contribution in [1.29, 1.82) is 0 Å². The molecule has 7 nitrogen and oxygen atoms in total. The van der Waals surface area contributed by atoms with Crippen molar-refractivity contribution in [2.24, 2.45) is 0 Å². The summed E-state index contributed by atoms with van der Waals surface area (Å²) in [5.74, 6) is 0.661. The van der Waals surface area contributed by atoms with Crippen molar-refractivity contribution in [2.75, 3.05) is 11.9 Å². The lowest BCUT2D eigenvalue weighted by Crippen LogP contribution is -2.12. The second-order valence-electron chi connectivity index (χ2n) is 6.74. The standard InChI is InChI=1S/C22H23N3O4S/c1-2-5-16-9-11-19(12-10-16)29-13-4-8-21(26)24-22-23-20(15-30-22)17-6-3-7-18(14-17)25(27)28/h3,6-7,9-12,14-15H,2,4-5,8,13H2,1H3,(H,23,24,26). The van der Waals surface area contributed by atoms with Gasteiger partial charge >= 0.3 is 0 Å². The van der Waals surface area contributed by atoms with Crippen molar-refractivity contribution >= 4 is 28.1 Å². The Kier molecular flexibility index (Phi) is 7.51. The molecule has 1 N–H and O–H groups in total. The Morgan fingerprint density at radius 3 is 2.77 bits per heavy atom. The summed E-state index contributed by atoms with van der Waals surface area (Å²) in [4.78, 5) is 27.0. The molecule has 3 aromatic rings. The molecule has 1 aromatic heterocycles. The molecule has 3 rings (SSSR count). The number of hydrogen-bond acceptors (Lipinski definition) is 6. The van der Waals surface area contributed by atoms with E-state index >= 15 is 0 Å². The molecule has 0 aliphatic carbocycles. The molecule has 0 saturated carbocycles. The van der Waals surface area contributed by atoms with Gasteiger partial charge in [0.2, 0.25) is 5.91 Å². The van der Waals surface area contributed by atoms with Gasteiger partial charge in [-0.05, 0) is 30.5 Å². The van der Waals surface area contributed by atoms with E-state index in [9.17, 15) is 14.9 Å². The molecule has 156 valence electrons. The molecule has 1 amide bonds. The van der Waals surface area contributed by atoms with E-state index < -0.39 is 4.92 Å². The summed E-state index contributed by atoms with van der Waals surface area (Å²) in [5.41, 5.74) is 2.52. The van der Waals surface area contributed by atoms with Crippen LogP contribution in [0.3, 0.4) is 0 Å². The first kappa shape index (κ1) is 21.4. The third-order valence-electron chi connectivity index (χ3n) is 4.38. The minimum atomic E-state index is -0.444. The van der Waals surface area contributed by atoms with E-state index in [4.69, 9.17) is 4.74 Å². The number of anilines is 1. The topological polar surface area (TPSA) is 94.4 Å². The zero-order chi connectivity index (χ0) is 21.3. The molecule has 0 saturated heterocycles. The van der Waals surface area contributed by atoms with Gasteiger partial charge in [-0.1, -0.05) is 37.6 Å². The average Bonchev–Trinajstić information content (AvgIpc) is 3.21. The molecule has 2 aromatic carbocycles. The quantitative estimate of drug-likeness (QED) is 0.264. The first-order valence-corrected chi connectivity index (χ1v) is 10.6. The molecule has 1 heterocycles. The second-order valence-corrected chi connectivity index (χ2v) is 7.60. The first-order chi connectivity index (χ1) is 14.5. The van der Waals surface area contributed by atoms with Crippen molar-refractivity contribution in [1.82, 2.24) is 4.98 Å². The summed E-state index contributed by atoms with van der Waals surface area (Å²) in [7, 11) is 0. The van der Waals surface area contributed by atoms with Gasteiger partial charge in [0.05, 0.1) is 17.2 Å². The monoisotopic (exact) mass is 425 g/mol. The number of carbonyl (C=O) groups excluding carboxylic acids is 1. The number of rotatable bonds is 10. The van der Waals surface area contributed by atoms with Crippen molar-refractivity contribution < 1.29 is 14.5 Å². The number of ether oxygens (including phenoxy) is 1. The van der Waals surface area contributed by atoms with Gasteiger partial charge in [0.25, 0.3) is 5.69 Å². The number of aryl methyl sites for hydroxylation is 1. The maximum Gasteiger partial charge on any atom is 0.270 e. The van der Waals surface area contributed by atoms with Crippen LogP contribution in [0.25, 0.3) is 11.3 Å². The molecule has 0 aliphatic heterocycles. The van der Waals surface area contributed by atoms with E-state index in [0.29, 0.717) is 35.8 Å². The van der Waals surface area contributed by atoms with Gasteiger partial charge in [0.15, 0.2) is 5.13 Å². The Hall–Kier alpha value is -3.26. The highest BCUT2D eigenvalue weighted by Gasteiger charge is 2.11. The normalized spacial score (nSPS) is 10.6. The largest absolute Gasteiger partial charge is 0.494 e. The highest BCUT2D eigenvalue weighted by molar-refractivity contribution is 7.14. The fourth-order valence-corrected chi connectivity index (χ4v) is 3.62. The van der Waals surface area contributed by atoms with Crippen LogP contribution >= 0.6 is 11.3 Å². The minimum absolute atomic E-state index is 0.00564. The van der Waals surface area contributed by atoms with E-state index in [-0.39, 0.29) is 11.6 Å². The summed E-state index contributed by atoms with van der Waals surface area (Å²) in [5, 5.41) is 15.9. The summed E-state index contributed by atoms with van der Waals surface area (Å²) in [6.07, 6.45) is 3.08. The SMILES string of the molecule is CCCc1ccc(OCCCC(=O)Nc2nc(-c3cccc([N+](=O)[O-])c3)cs2)cc1. The molecule has 0 atom stereocenters. The van der Waals surface area contributed by atoms with Crippen molar-refractivity contribution in [3.8, 4) is 17.0 Å². The number of nitro benzene ring substituents is 1. The average molecular weight is 426 g/mol. The Morgan fingerprint density at radius 1 is 1.23 bits per heavy atom. The van der Waals surface area contributed by atoms with Crippen LogP contribution in [0.15, 0.2) is 53.9 Å². The molecule has 30 heavy (non-hydrogen) atoms. The zero-order valence-electron chi connectivity index (χ0n) is 16.7. The molecular weight excluding hydrogens is 402 g/mol. The predicted molar refractivity (Wildman–Crippen MR) is 118 cm³/mol. The molecule has 0 unspecified atom stereocenters. The van der Waals surface area contributed by atoms with E-state index in [1.54, 1.807) is 17.5 Å². The van der Waals surface area contributed by atoms with Crippen LogP contribution in [0.1, 0.15) is 31.7 Å². The molecule has 8 heteroatoms. The van der Waals surface area contributed by atoms with Gasteiger partial charge in [-0.2, -0.15) is 0 Å². The van der Waals surface area contributed by atoms with Crippen LogP contribution < -0.4 is 10.1 Å². The number of non-ortho nitro benzene ring substituents is 1. The molecule has 0 aliphatic rings. The molecule has 0 spiro atoms. The van der Waals surface area contributed by atoms with Crippen LogP contribution in [0, 0.1) is 10.1 Å². The van der Waals surface area contributed by atoms with Crippen molar-refractivity contribution in [2.45, 2.75) is 32.6 Å². The van der Waals surface area contributed by atoms with E-state index in [1.165, 1.54) is 29.0 Å². The number of amides is 1. The zero-order valence-corrected chi connectivity index (χ0v) is 17.5. The van der Waals surface area contributed by atoms with Crippen LogP contribution in [0.4, 0.5) is 10.8 Å². The lowest BCUT2D eigenvalue weighted by Gasteiger charge is -2.07. The van der Waals surface area contributed by atoms with Gasteiger partial charge in [-0.3, -0.25) is 14.9 Å². The highest BCUT2D eigenvalue weighted by Crippen LogP contribution is 2.27. The maximum atomic E-state index is 12.1. The Bertz CT molecular complexity index is 1000.